The number of carbonyl (C=O) groups excluding carboxylic acids is 2. The van der Waals surface area contributed by atoms with Crippen molar-refractivity contribution in [2.75, 3.05) is 11.9 Å². The van der Waals surface area contributed by atoms with Gasteiger partial charge in [0.05, 0.1) is 10.2 Å². The molecule has 4 rings (SSSR count). The van der Waals surface area contributed by atoms with Crippen molar-refractivity contribution in [3.8, 4) is 0 Å². The molecule has 0 bridgehead atoms. The number of anilines is 1. The van der Waals surface area contributed by atoms with Gasteiger partial charge < -0.3 is 5.32 Å². The molecule has 142 valence electrons. The summed E-state index contributed by atoms with van der Waals surface area (Å²) in [6.07, 6.45) is 0.105. The molecule has 1 atom stereocenters. The first-order valence-corrected chi connectivity index (χ1v) is 10.6. The van der Waals surface area contributed by atoms with Crippen LogP contribution in [0.15, 0.2) is 59.6 Å². The maximum Gasteiger partial charge on any atom is 0.242 e. The van der Waals surface area contributed by atoms with E-state index in [-0.39, 0.29) is 18.2 Å². The number of aliphatic imine (C=N–C) groups is 1. The molecule has 1 N–H and O–H groups in total. The van der Waals surface area contributed by atoms with E-state index in [2.05, 4.69) is 15.3 Å². The highest BCUT2D eigenvalue weighted by molar-refractivity contribution is 8.15. The Balaban J connectivity index is 1.50. The molecule has 1 aliphatic heterocycles. The maximum absolute atomic E-state index is 12.7. The van der Waals surface area contributed by atoms with Gasteiger partial charge >= 0.3 is 0 Å². The van der Waals surface area contributed by atoms with Crippen LogP contribution in [0.4, 0.5) is 10.8 Å². The molecular weight excluding hydrogens is 392 g/mol. The van der Waals surface area contributed by atoms with Gasteiger partial charge in [0.25, 0.3) is 0 Å². The summed E-state index contributed by atoms with van der Waals surface area (Å²) in [5.74, 6) is -0.273. The predicted octanol–water partition coefficient (Wildman–Crippen LogP) is 4.28. The van der Waals surface area contributed by atoms with Gasteiger partial charge in [-0.25, -0.2) is 4.98 Å². The van der Waals surface area contributed by atoms with E-state index in [1.807, 2.05) is 61.5 Å². The minimum Gasteiger partial charge on any atom is -0.326 e. The largest absolute Gasteiger partial charge is 0.326 e. The molecule has 1 unspecified atom stereocenters. The lowest BCUT2D eigenvalue weighted by Gasteiger charge is -2.12. The zero-order valence-electron chi connectivity index (χ0n) is 15.2. The Bertz CT molecular complexity index is 1020. The van der Waals surface area contributed by atoms with Crippen molar-refractivity contribution >= 4 is 61.1 Å². The zero-order chi connectivity index (χ0) is 19.5. The van der Waals surface area contributed by atoms with Crippen LogP contribution in [0.5, 0.6) is 0 Å². The molecule has 1 fully saturated rings. The van der Waals surface area contributed by atoms with Gasteiger partial charge in [0.2, 0.25) is 16.9 Å². The fourth-order valence-corrected chi connectivity index (χ4v) is 5.01. The molecule has 0 spiro atoms. The standard InChI is InChI=1S/C20H18N4O2S2/c1-2-24-18(26)16(12-17(25)21-13-8-4-3-5-9-13)28-20(24)23-19-22-14-10-6-7-11-15(14)27-19/h3-11,16H,2,12H2,1H3,(H,21,25)/b23-20+. The number of rotatable bonds is 5. The lowest BCUT2D eigenvalue weighted by atomic mass is 10.2. The summed E-state index contributed by atoms with van der Waals surface area (Å²) < 4.78 is 1.05. The van der Waals surface area contributed by atoms with E-state index in [0.29, 0.717) is 16.8 Å². The van der Waals surface area contributed by atoms with Crippen molar-refractivity contribution in [2.24, 2.45) is 4.99 Å². The van der Waals surface area contributed by atoms with Crippen LogP contribution in [0.3, 0.4) is 0 Å². The minimum atomic E-state index is -0.475. The fraction of sp³-hybridized carbons (Fsp3) is 0.200. The summed E-state index contributed by atoms with van der Waals surface area (Å²) in [4.78, 5) is 35.8. The number of amidine groups is 1. The van der Waals surface area contributed by atoms with Crippen LogP contribution in [-0.4, -0.2) is 38.7 Å². The number of hydrogen-bond acceptors (Lipinski definition) is 6. The van der Waals surface area contributed by atoms with Gasteiger partial charge in [-0.2, -0.15) is 4.99 Å². The number of thiazole rings is 1. The van der Waals surface area contributed by atoms with Crippen molar-refractivity contribution in [1.82, 2.24) is 9.88 Å². The van der Waals surface area contributed by atoms with Crippen LogP contribution >= 0.6 is 23.1 Å². The number of aromatic nitrogens is 1. The number of benzene rings is 2. The Morgan fingerprint density at radius 2 is 1.93 bits per heavy atom. The number of carbonyl (C=O) groups is 2. The van der Waals surface area contributed by atoms with Crippen molar-refractivity contribution in [3.63, 3.8) is 0 Å². The average molecular weight is 411 g/mol. The average Bonchev–Trinajstić information content (AvgIpc) is 3.23. The highest BCUT2D eigenvalue weighted by Gasteiger charge is 2.38. The Morgan fingerprint density at radius 1 is 1.18 bits per heavy atom. The van der Waals surface area contributed by atoms with E-state index in [1.165, 1.54) is 23.1 Å². The number of nitrogens with one attached hydrogen (secondary N) is 1. The molecule has 0 radical (unpaired) electrons. The Hall–Kier alpha value is -2.71. The maximum atomic E-state index is 12.7. The van der Waals surface area contributed by atoms with Crippen molar-refractivity contribution < 1.29 is 9.59 Å². The van der Waals surface area contributed by atoms with Gasteiger partial charge in [0.15, 0.2) is 5.17 Å². The topological polar surface area (TPSA) is 74.7 Å². The smallest absolute Gasteiger partial charge is 0.242 e. The fourth-order valence-electron chi connectivity index (χ4n) is 2.91. The lowest BCUT2D eigenvalue weighted by Crippen LogP contribution is -2.33. The van der Waals surface area contributed by atoms with Crippen LogP contribution in [0, 0.1) is 0 Å². The van der Waals surface area contributed by atoms with E-state index in [4.69, 9.17) is 0 Å². The normalized spacial score (nSPS) is 18.2. The molecule has 2 aromatic carbocycles. The minimum absolute atomic E-state index is 0.0874. The van der Waals surface area contributed by atoms with Crippen LogP contribution < -0.4 is 5.32 Å². The van der Waals surface area contributed by atoms with Crippen LogP contribution in [-0.2, 0) is 9.59 Å². The first-order chi connectivity index (χ1) is 13.6. The summed E-state index contributed by atoms with van der Waals surface area (Å²) >= 11 is 2.81. The quantitative estimate of drug-likeness (QED) is 0.681. The van der Waals surface area contributed by atoms with Crippen LogP contribution in [0.2, 0.25) is 0 Å². The van der Waals surface area contributed by atoms with Crippen LogP contribution in [0.1, 0.15) is 13.3 Å². The van der Waals surface area contributed by atoms with Gasteiger partial charge in [0.1, 0.15) is 5.25 Å². The monoisotopic (exact) mass is 410 g/mol. The number of nitrogens with zero attached hydrogens (tertiary/aromatic N) is 3. The second-order valence-corrected chi connectivity index (χ2v) is 8.34. The molecular formula is C20H18N4O2S2. The molecule has 2 heterocycles. The lowest BCUT2D eigenvalue weighted by molar-refractivity contribution is -0.128. The molecule has 6 nitrogen and oxygen atoms in total. The van der Waals surface area contributed by atoms with E-state index in [9.17, 15) is 9.59 Å². The molecule has 0 saturated carbocycles. The predicted molar refractivity (Wildman–Crippen MR) is 115 cm³/mol. The number of fused-ring (bicyclic) bond motifs is 1. The Morgan fingerprint density at radius 3 is 2.68 bits per heavy atom. The van der Waals surface area contributed by atoms with E-state index in [1.54, 1.807) is 4.90 Å². The van der Waals surface area contributed by atoms with Crippen molar-refractivity contribution in [1.29, 1.82) is 0 Å². The highest BCUT2D eigenvalue weighted by Crippen LogP contribution is 2.34. The summed E-state index contributed by atoms with van der Waals surface area (Å²) in [6.45, 7) is 2.41. The molecule has 2 amide bonds. The third kappa shape index (κ3) is 3.93. The molecule has 1 aliphatic rings. The summed E-state index contributed by atoms with van der Waals surface area (Å²) in [5.41, 5.74) is 1.61. The number of amides is 2. The molecule has 1 aromatic heterocycles. The third-order valence-corrected chi connectivity index (χ3v) is 6.34. The summed E-state index contributed by atoms with van der Waals surface area (Å²) in [7, 11) is 0. The van der Waals surface area contributed by atoms with Crippen molar-refractivity contribution in [2.45, 2.75) is 18.6 Å². The van der Waals surface area contributed by atoms with Gasteiger partial charge in [-0.15, -0.1) is 0 Å². The molecule has 0 aliphatic carbocycles. The highest BCUT2D eigenvalue weighted by atomic mass is 32.2. The zero-order valence-corrected chi connectivity index (χ0v) is 16.8. The van der Waals surface area contributed by atoms with E-state index < -0.39 is 5.25 Å². The Kier molecular flexibility index (Phi) is 5.40. The molecule has 1 saturated heterocycles. The number of thioether (sulfide) groups is 1. The SMILES string of the molecule is CCN1C(=O)C(CC(=O)Nc2ccccc2)S/C1=N/c1nc2ccccc2s1. The first kappa shape index (κ1) is 18.6. The second kappa shape index (κ2) is 8.12. The van der Waals surface area contributed by atoms with Gasteiger partial charge in [0, 0.05) is 18.7 Å². The summed E-state index contributed by atoms with van der Waals surface area (Å²) in [6, 6.07) is 17.1. The van der Waals surface area contributed by atoms with E-state index >= 15 is 0 Å². The Labute approximate surface area is 170 Å². The molecule has 28 heavy (non-hydrogen) atoms. The van der Waals surface area contributed by atoms with Gasteiger partial charge in [-0.05, 0) is 31.2 Å². The van der Waals surface area contributed by atoms with Gasteiger partial charge in [-0.3, -0.25) is 14.5 Å². The number of para-hydroxylation sites is 2. The van der Waals surface area contributed by atoms with Crippen LogP contribution in [0.25, 0.3) is 10.2 Å². The van der Waals surface area contributed by atoms with E-state index in [0.717, 1.165) is 15.9 Å². The number of hydrogen-bond donors (Lipinski definition) is 1. The first-order valence-electron chi connectivity index (χ1n) is 8.91. The molecule has 3 aromatic rings. The van der Waals surface area contributed by atoms with Gasteiger partial charge in [-0.1, -0.05) is 53.4 Å². The summed E-state index contributed by atoms with van der Waals surface area (Å²) in [5, 5.41) is 3.57. The third-order valence-electron chi connectivity index (χ3n) is 4.24. The van der Waals surface area contributed by atoms with Crippen molar-refractivity contribution in [3.05, 3.63) is 54.6 Å². The second-order valence-electron chi connectivity index (χ2n) is 6.17. The molecule has 8 heteroatoms.